The average Bonchev–Trinajstić information content (AvgIpc) is 2.38. The molecular weight excluding hydrogens is 245 g/mol. The predicted octanol–water partition coefficient (Wildman–Crippen LogP) is 1.51. The van der Waals surface area contributed by atoms with E-state index in [4.69, 9.17) is 5.73 Å². The summed E-state index contributed by atoms with van der Waals surface area (Å²) in [4.78, 5) is 15.2. The van der Waals surface area contributed by atoms with Crippen molar-refractivity contribution in [2.75, 3.05) is 31.1 Å². The Morgan fingerprint density at radius 2 is 1.95 bits per heavy atom. The fourth-order valence-corrected chi connectivity index (χ4v) is 2.51. The summed E-state index contributed by atoms with van der Waals surface area (Å²) in [5.74, 6) is -0.173. The molecule has 1 aliphatic heterocycles. The number of amides is 1. The minimum atomic E-state index is -0.345. The third-order valence-electron chi connectivity index (χ3n) is 3.55. The number of hydrogen-bond donors (Lipinski definition) is 1. The van der Waals surface area contributed by atoms with Gasteiger partial charge in [-0.2, -0.15) is 0 Å². The fraction of sp³-hybridized carbons (Fsp3) is 0.500. The highest BCUT2D eigenvalue weighted by molar-refractivity contribution is 5.73. The van der Waals surface area contributed by atoms with E-state index in [1.165, 1.54) is 6.07 Å². The van der Waals surface area contributed by atoms with Crippen LogP contribution in [0.2, 0.25) is 0 Å². The monoisotopic (exact) mass is 265 g/mol. The van der Waals surface area contributed by atoms with Crippen LogP contribution in [0, 0.1) is 5.82 Å². The van der Waals surface area contributed by atoms with Gasteiger partial charge in [0.05, 0.1) is 0 Å². The summed E-state index contributed by atoms with van der Waals surface area (Å²) in [5.41, 5.74) is 7.27. The van der Waals surface area contributed by atoms with E-state index >= 15 is 0 Å². The van der Waals surface area contributed by atoms with E-state index in [0.29, 0.717) is 31.7 Å². The Morgan fingerprint density at radius 1 is 1.32 bits per heavy atom. The normalized spacial score (nSPS) is 17.5. The zero-order valence-electron chi connectivity index (χ0n) is 11.4. The Kier molecular flexibility index (Phi) is 4.04. The highest BCUT2D eigenvalue weighted by Crippen LogP contribution is 2.28. The molecule has 4 nitrogen and oxygen atoms in total. The van der Waals surface area contributed by atoms with Gasteiger partial charge in [0.25, 0.3) is 0 Å². The van der Waals surface area contributed by atoms with Crippen molar-refractivity contribution in [2.24, 2.45) is 5.73 Å². The first-order chi connectivity index (χ1) is 9.00. The zero-order valence-corrected chi connectivity index (χ0v) is 11.4. The number of piperazine rings is 1. The van der Waals surface area contributed by atoms with E-state index in [-0.39, 0.29) is 17.8 Å². The first-order valence-electron chi connectivity index (χ1n) is 6.55. The van der Waals surface area contributed by atoms with Gasteiger partial charge >= 0.3 is 0 Å². The maximum Gasteiger partial charge on any atom is 0.219 e. The van der Waals surface area contributed by atoms with Gasteiger partial charge in [-0.3, -0.25) is 4.79 Å². The minimum absolute atomic E-state index is 0.0892. The van der Waals surface area contributed by atoms with E-state index < -0.39 is 0 Å². The van der Waals surface area contributed by atoms with Crippen molar-refractivity contribution in [2.45, 2.75) is 19.9 Å². The first kappa shape index (κ1) is 13.8. The smallest absolute Gasteiger partial charge is 0.219 e. The standard InChI is InChI=1S/C14H20FN3O/c1-10(16)14-12(15)4-3-5-13(14)18-8-6-17(7-9-18)11(2)19/h3-5,10H,6-9,16H2,1-2H3/t10-/m1/s1. The fourth-order valence-electron chi connectivity index (χ4n) is 2.51. The zero-order chi connectivity index (χ0) is 14.0. The molecule has 2 N–H and O–H groups in total. The van der Waals surface area contributed by atoms with Crippen LogP contribution in [-0.4, -0.2) is 37.0 Å². The van der Waals surface area contributed by atoms with Gasteiger partial charge in [0, 0.05) is 50.4 Å². The maximum atomic E-state index is 13.9. The highest BCUT2D eigenvalue weighted by Gasteiger charge is 2.22. The number of carbonyl (C=O) groups excluding carboxylic acids is 1. The first-order valence-corrected chi connectivity index (χ1v) is 6.55. The number of carbonyl (C=O) groups is 1. The van der Waals surface area contributed by atoms with Crippen molar-refractivity contribution in [1.29, 1.82) is 0 Å². The molecule has 19 heavy (non-hydrogen) atoms. The molecule has 0 radical (unpaired) electrons. The van der Waals surface area contributed by atoms with Gasteiger partial charge in [0.1, 0.15) is 5.82 Å². The van der Waals surface area contributed by atoms with Crippen LogP contribution < -0.4 is 10.6 Å². The highest BCUT2D eigenvalue weighted by atomic mass is 19.1. The quantitative estimate of drug-likeness (QED) is 0.882. The van der Waals surface area contributed by atoms with Gasteiger partial charge in [-0.05, 0) is 19.1 Å². The largest absolute Gasteiger partial charge is 0.368 e. The molecular formula is C14H20FN3O. The van der Waals surface area contributed by atoms with Crippen molar-refractivity contribution in [3.8, 4) is 0 Å². The van der Waals surface area contributed by atoms with Crippen LogP contribution >= 0.6 is 0 Å². The van der Waals surface area contributed by atoms with Gasteiger partial charge < -0.3 is 15.5 Å². The van der Waals surface area contributed by atoms with Crippen LogP contribution in [0.5, 0.6) is 0 Å². The summed E-state index contributed by atoms with van der Waals surface area (Å²) in [6.45, 7) is 6.12. The Hall–Kier alpha value is -1.62. The van der Waals surface area contributed by atoms with Crippen LogP contribution in [0.15, 0.2) is 18.2 Å². The topological polar surface area (TPSA) is 49.6 Å². The molecule has 2 rings (SSSR count). The summed E-state index contributed by atoms with van der Waals surface area (Å²) in [7, 11) is 0. The van der Waals surface area contributed by atoms with Crippen LogP contribution in [0.3, 0.4) is 0 Å². The van der Waals surface area contributed by atoms with Crippen molar-refractivity contribution >= 4 is 11.6 Å². The molecule has 1 atom stereocenters. The van der Waals surface area contributed by atoms with Gasteiger partial charge in [0.15, 0.2) is 0 Å². The van der Waals surface area contributed by atoms with Gasteiger partial charge in [-0.1, -0.05) is 6.07 Å². The molecule has 0 bridgehead atoms. The molecule has 1 aromatic rings. The summed E-state index contributed by atoms with van der Waals surface area (Å²) >= 11 is 0. The van der Waals surface area contributed by atoms with Gasteiger partial charge in [-0.15, -0.1) is 0 Å². The third-order valence-corrected chi connectivity index (χ3v) is 3.55. The van der Waals surface area contributed by atoms with Crippen molar-refractivity contribution in [3.63, 3.8) is 0 Å². The number of benzene rings is 1. The maximum absolute atomic E-state index is 13.9. The van der Waals surface area contributed by atoms with Crippen LogP contribution in [0.25, 0.3) is 0 Å². The molecule has 0 spiro atoms. The number of rotatable bonds is 2. The van der Waals surface area contributed by atoms with E-state index in [2.05, 4.69) is 4.90 Å². The van der Waals surface area contributed by atoms with Crippen molar-refractivity contribution in [3.05, 3.63) is 29.6 Å². The third kappa shape index (κ3) is 2.87. The molecule has 5 heteroatoms. The Bertz CT molecular complexity index is 468. The van der Waals surface area contributed by atoms with E-state index in [0.717, 1.165) is 5.69 Å². The lowest BCUT2D eigenvalue weighted by Gasteiger charge is -2.37. The van der Waals surface area contributed by atoms with E-state index in [1.54, 1.807) is 24.8 Å². The van der Waals surface area contributed by atoms with Crippen LogP contribution in [0.4, 0.5) is 10.1 Å². The summed E-state index contributed by atoms with van der Waals surface area (Å²) in [6, 6.07) is 4.69. The summed E-state index contributed by atoms with van der Waals surface area (Å²) < 4.78 is 13.9. The van der Waals surface area contributed by atoms with Crippen LogP contribution in [-0.2, 0) is 4.79 Å². The summed E-state index contributed by atoms with van der Waals surface area (Å²) in [6.07, 6.45) is 0. The molecule has 1 aliphatic rings. The second-order valence-corrected chi connectivity index (χ2v) is 4.95. The SMILES string of the molecule is CC(=O)N1CCN(c2cccc(F)c2[C@@H](C)N)CC1. The van der Waals surface area contributed by atoms with Crippen molar-refractivity contribution < 1.29 is 9.18 Å². The van der Waals surface area contributed by atoms with Gasteiger partial charge in [0.2, 0.25) is 5.91 Å². The molecule has 0 unspecified atom stereocenters. The molecule has 1 amide bonds. The molecule has 1 heterocycles. The lowest BCUT2D eigenvalue weighted by Crippen LogP contribution is -2.48. The van der Waals surface area contributed by atoms with E-state index in [9.17, 15) is 9.18 Å². The Labute approximate surface area is 113 Å². The number of halogens is 1. The van der Waals surface area contributed by atoms with Gasteiger partial charge in [-0.25, -0.2) is 4.39 Å². The minimum Gasteiger partial charge on any atom is -0.368 e. The molecule has 104 valence electrons. The number of nitrogens with zero attached hydrogens (tertiary/aromatic N) is 2. The molecule has 0 aromatic heterocycles. The molecule has 1 saturated heterocycles. The Morgan fingerprint density at radius 3 is 2.47 bits per heavy atom. The van der Waals surface area contributed by atoms with Crippen LogP contribution in [0.1, 0.15) is 25.5 Å². The second-order valence-electron chi connectivity index (χ2n) is 4.95. The lowest BCUT2D eigenvalue weighted by atomic mass is 10.0. The number of anilines is 1. The number of nitrogens with two attached hydrogens (primary N) is 1. The molecule has 0 saturated carbocycles. The predicted molar refractivity (Wildman–Crippen MR) is 73.5 cm³/mol. The Balaban J connectivity index is 2.20. The number of hydrogen-bond acceptors (Lipinski definition) is 3. The molecule has 1 aromatic carbocycles. The summed E-state index contributed by atoms with van der Waals surface area (Å²) in [5, 5.41) is 0. The average molecular weight is 265 g/mol. The lowest BCUT2D eigenvalue weighted by molar-refractivity contribution is -0.129. The second kappa shape index (κ2) is 5.57. The van der Waals surface area contributed by atoms with Crippen molar-refractivity contribution in [1.82, 2.24) is 4.90 Å². The molecule has 1 fully saturated rings. The van der Waals surface area contributed by atoms with E-state index in [1.807, 2.05) is 6.07 Å². The molecule has 0 aliphatic carbocycles.